The molecule has 2 aliphatic rings. The number of piperidine rings is 1. The van der Waals surface area contributed by atoms with Crippen LogP contribution in [0.1, 0.15) is 49.5 Å². The molecule has 0 unspecified atom stereocenters. The molecule has 4 rings (SSSR count). The van der Waals surface area contributed by atoms with Crippen molar-refractivity contribution in [2.24, 2.45) is 0 Å². The lowest BCUT2D eigenvalue weighted by Crippen LogP contribution is -2.53. The zero-order valence-electron chi connectivity index (χ0n) is 19.7. The number of thioether (sulfide) groups is 1. The maximum absolute atomic E-state index is 13.4. The van der Waals surface area contributed by atoms with Crippen LogP contribution in [0, 0.1) is 0 Å². The van der Waals surface area contributed by atoms with Crippen LogP contribution in [0.2, 0.25) is 0 Å². The van der Waals surface area contributed by atoms with Crippen molar-refractivity contribution in [3.8, 4) is 5.75 Å². The molecule has 0 bridgehead atoms. The van der Waals surface area contributed by atoms with E-state index in [-0.39, 0.29) is 21.1 Å². The number of methoxy groups -OCH3 is 1. The Morgan fingerprint density at radius 2 is 1.58 bits per heavy atom. The number of carbonyl (C=O) groups is 1. The van der Waals surface area contributed by atoms with Crippen LogP contribution in [0.25, 0.3) is 0 Å². The summed E-state index contributed by atoms with van der Waals surface area (Å²) in [5, 5.41) is 0. The molecule has 0 atom stereocenters. The van der Waals surface area contributed by atoms with E-state index in [1.165, 1.54) is 5.56 Å². The van der Waals surface area contributed by atoms with Crippen molar-refractivity contribution in [1.29, 1.82) is 0 Å². The summed E-state index contributed by atoms with van der Waals surface area (Å²) < 4.78 is 33.0. The van der Waals surface area contributed by atoms with Crippen molar-refractivity contribution in [3.63, 3.8) is 0 Å². The number of carbonyl (C=O) groups excluding carboxylic acids is 1. The van der Waals surface area contributed by atoms with E-state index < -0.39 is 10.0 Å². The van der Waals surface area contributed by atoms with Gasteiger partial charge in [-0.05, 0) is 60.2 Å². The van der Waals surface area contributed by atoms with Crippen LogP contribution in [0.3, 0.4) is 0 Å². The lowest BCUT2D eigenvalue weighted by atomic mass is 9.86. The largest absolute Gasteiger partial charge is 0.497 e. The number of ether oxygens (including phenoxy) is 1. The second-order valence-corrected chi connectivity index (χ2v) is 13.1. The monoisotopic (exact) mass is 488 g/mol. The van der Waals surface area contributed by atoms with Crippen molar-refractivity contribution in [2.75, 3.05) is 32.5 Å². The van der Waals surface area contributed by atoms with Crippen LogP contribution in [-0.2, 0) is 15.4 Å². The molecular weight excluding hydrogens is 456 g/mol. The number of benzene rings is 2. The maximum Gasteiger partial charge on any atom is 0.254 e. The van der Waals surface area contributed by atoms with E-state index in [1.807, 2.05) is 29.2 Å². The van der Waals surface area contributed by atoms with Crippen molar-refractivity contribution < 1.29 is 17.9 Å². The molecule has 2 aromatic rings. The first kappa shape index (κ1) is 24.1. The summed E-state index contributed by atoms with van der Waals surface area (Å²) in [6, 6.07) is 14.4. The van der Waals surface area contributed by atoms with Gasteiger partial charge in [-0.3, -0.25) is 4.79 Å². The van der Waals surface area contributed by atoms with Crippen molar-refractivity contribution in [3.05, 3.63) is 59.7 Å². The standard InChI is InChI=1S/C25H32N2O4S2/c1-24(2,3)20-7-5-19(6-8-20)23(28)27-17-18-32-25(27)13-15-26(16-14-25)33(29,30)22-11-9-21(31-4)10-12-22/h5-12H,13-18H2,1-4H3. The molecule has 2 saturated heterocycles. The lowest BCUT2D eigenvalue weighted by molar-refractivity contribution is 0.0605. The van der Waals surface area contributed by atoms with E-state index in [1.54, 1.807) is 47.4 Å². The Hall–Kier alpha value is -2.03. The van der Waals surface area contributed by atoms with E-state index >= 15 is 0 Å². The Labute approximate surface area is 201 Å². The molecular formula is C25H32N2O4S2. The highest BCUT2D eigenvalue weighted by Gasteiger charge is 2.48. The first-order valence-corrected chi connectivity index (χ1v) is 13.7. The zero-order valence-corrected chi connectivity index (χ0v) is 21.3. The Morgan fingerprint density at radius 3 is 2.12 bits per heavy atom. The predicted molar refractivity (Wildman–Crippen MR) is 132 cm³/mol. The van der Waals surface area contributed by atoms with Crippen LogP contribution >= 0.6 is 11.8 Å². The smallest absolute Gasteiger partial charge is 0.254 e. The minimum Gasteiger partial charge on any atom is -0.497 e. The van der Waals surface area contributed by atoms with E-state index in [4.69, 9.17) is 4.74 Å². The number of rotatable bonds is 4. The number of sulfonamides is 1. The van der Waals surface area contributed by atoms with Gasteiger partial charge < -0.3 is 9.64 Å². The van der Waals surface area contributed by atoms with Gasteiger partial charge in [0.1, 0.15) is 5.75 Å². The summed E-state index contributed by atoms with van der Waals surface area (Å²) >= 11 is 1.78. The Morgan fingerprint density at radius 1 is 0.970 bits per heavy atom. The molecule has 1 amide bonds. The molecule has 0 radical (unpaired) electrons. The first-order chi connectivity index (χ1) is 15.6. The van der Waals surface area contributed by atoms with Gasteiger partial charge in [0.2, 0.25) is 10.0 Å². The molecule has 2 aliphatic heterocycles. The highest BCUT2D eigenvalue weighted by atomic mass is 32.2. The molecule has 2 aromatic carbocycles. The number of hydrogen-bond acceptors (Lipinski definition) is 5. The third kappa shape index (κ3) is 4.66. The molecule has 6 nitrogen and oxygen atoms in total. The molecule has 0 aromatic heterocycles. The second kappa shape index (κ2) is 8.96. The highest BCUT2D eigenvalue weighted by Crippen LogP contribution is 2.45. The average Bonchev–Trinajstić information content (AvgIpc) is 3.21. The molecule has 8 heteroatoms. The molecule has 178 valence electrons. The predicted octanol–water partition coefficient (Wildman–Crippen LogP) is 4.36. The number of hydrogen-bond donors (Lipinski definition) is 0. The van der Waals surface area contributed by atoms with Crippen molar-refractivity contribution in [1.82, 2.24) is 9.21 Å². The molecule has 33 heavy (non-hydrogen) atoms. The van der Waals surface area contributed by atoms with Crippen LogP contribution in [-0.4, -0.2) is 60.9 Å². The van der Waals surface area contributed by atoms with E-state index in [0.29, 0.717) is 43.8 Å². The Kier molecular flexibility index (Phi) is 6.55. The van der Waals surface area contributed by atoms with Gasteiger partial charge in [-0.1, -0.05) is 32.9 Å². The van der Waals surface area contributed by atoms with Gasteiger partial charge in [0.25, 0.3) is 5.91 Å². The fraction of sp³-hybridized carbons (Fsp3) is 0.480. The minimum atomic E-state index is -3.58. The Bertz CT molecular complexity index is 1100. The van der Waals surface area contributed by atoms with Gasteiger partial charge in [0.15, 0.2) is 0 Å². The first-order valence-electron chi connectivity index (χ1n) is 11.3. The summed E-state index contributed by atoms with van der Waals surface area (Å²) in [5.74, 6) is 1.53. The quantitative estimate of drug-likeness (QED) is 0.640. The molecule has 0 N–H and O–H groups in total. The van der Waals surface area contributed by atoms with Crippen molar-refractivity contribution in [2.45, 2.75) is 48.8 Å². The van der Waals surface area contributed by atoms with Crippen LogP contribution in [0.5, 0.6) is 5.75 Å². The van der Waals surface area contributed by atoms with Crippen molar-refractivity contribution >= 4 is 27.7 Å². The van der Waals surface area contributed by atoms with Gasteiger partial charge in [-0.25, -0.2) is 8.42 Å². The lowest BCUT2D eigenvalue weighted by Gasteiger charge is -2.43. The third-order valence-corrected chi connectivity index (χ3v) is 10.1. The number of amides is 1. The van der Waals surface area contributed by atoms with Gasteiger partial charge in [0.05, 0.1) is 16.9 Å². The average molecular weight is 489 g/mol. The SMILES string of the molecule is COc1ccc(S(=O)(=O)N2CCC3(CC2)SCCN3C(=O)c2ccc(C(C)(C)C)cc2)cc1. The minimum absolute atomic E-state index is 0.0342. The van der Waals surface area contributed by atoms with E-state index in [2.05, 4.69) is 20.8 Å². The highest BCUT2D eigenvalue weighted by molar-refractivity contribution is 8.00. The third-order valence-electron chi connectivity index (χ3n) is 6.62. The molecule has 0 aliphatic carbocycles. The Balaban J connectivity index is 1.48. The number of nitrogens with zero attached hydrogens (tertiary/aromatic N) is 2. The normalized spacial score (nSPS) is 19.1. The van der Waals surface area contributed by atoms with Gasteiger partial charge in [-0.15, -0.1) is 11.8 Å². The molecule has 1 spiro atoms. The maximum atomic E-state index is 13.4. The fourth-order valence-electron chi connectivity index (χ4n) is 4.55. The van der Waals surface area contributed by atoms with Crippen LogP contribution in [0.4, 0.5) is 0 Å². The van der Waals surface area contributed by atoms with Crippen LogP contribution in [0.15, 0.2) is 53.4 Å². The molecule has 2 fully saturated rings. The summed E-state index contributed by atoms with van der Waals surface area (Å²) in [6.07, 6.45) is 1.25. The molecule has 2 heterocycles. The summed E-state index contributed by atoms with van der Waals surface area (Å²) in [5.41, 5.74) is 1.92. The second-order valence-electron chi connectivity index (χ2n) is 9.66. The topological polar surface area (TPSA) is 66.9 Å². The van der Waals surface area contributed by atoms with E-state index in [9.17, 15) is 13.2 Å². The van der Waals surface area contributed by atoms with Gasteiger partial charge in [0, 0.05) is 31.0 Å². The fourth-order valence-corrected chi connectivity index (χ4v) is 7.45. The van der Waals surface area contributed by atoms with Gasteiger partial charge in [-0.2, -0.15) is 4.31 Å². The summed E-state index contributed by atoms with van der Waals surface area (Å²) in [4.78, 5) is 15.3. The zero-order chi connectivity index (χ0) is 23.9. The van der Waals surface area contributed by atoms with Gasteiger partial charge >= 0.3 is 0 Å². The van der Waals surface area contributed by atoms with Crippen LogP contribution < -0.4 is 4.74 Å². The summed E-state index contributed by atoms with van der Waals surface area (Å²) in [6.45, 7) is 7.95. The van der Waals surface area contributed by atoms with E-state index in [0.717, 1.165) is 5.75 Å². The molecule has 0 saturated carbocycles. The summed E-state index contributed by atoms with van der Waals surface area (Å²) in [7, 11) is -2.02.